The highest BCUT2D eigenvalue weighted by Crippen LogP contribution is 2.02. The van der Waals surface area contributed by atoms with Crippen molar-refractivity contribution in [1.82, 2.24) is 5.32 Å². The van der Waals surface area contributed by atoms with E-state index in [4.69, 9.17) is 9.47 Å². The van der Waals surface area contributed by atoms with Gasteiger partial charge in [-0.25, -0.2) is 9.59 Å². The number of esters is 1. The van der Waals surface area contributed by atoms with Gasteiger partial charge in [-0.3, -0.25) is 0 Å². The summed E-state index contributed by atoms with van der Waals surface area (Å²) in [5, 5.41) is 2.57. The Hall–Kier alpha value is -1.26. The van der Waals surface area contributed by atoms with Crippen LogP contribution < -0.4 is 5.32 Å². The van der Waals surface area contributed by atoms with Crippen LogP contribution in [-0.2, 0) is 14.3 Å². The molecule has 5 heteroatoms. The third-order valence-electron chi connectivity index (χ3n) is 2.63. The number of hydrogen-bond donors (Lipinski definition) is 1. The van der Waals surface area contributed by atoms with Crippen molar-refractivity contribution in [3.63, 3.8) is 0 Å². The molecule has 0 aromatic carbocycles. The molecule has 0 radical (unpaired) electrons. The van der Waals surface area contributed by atoms with Crippen LogP contribution in [0.4, 0.5) is 4.79 Å². The predicted octanol–water partition coefficient (Wildman–Crippen LogP) is 3.02. The van der Waals surface area contributed by atoms with Gasteiger partial charge in [-0.1, -0.05) is 40.0 Å². The van der Waals surface area contributed by atoms with E-state index in [1.165, 1.54) is 0 Å². The summed E-state index contributed by atoms with van der Waals surface area (Å²) >= 11 is 0. The Kier molecular flexibility index (Phi) is 11.0. The van der Waals surface area contributed by atoms with Gasteiger partial charge in [0.1, 0.15) is 6.04 Å². The van der Waals surface area contributed by atoms with Gasteiger partial charge in [-0.2, -0.15) is 0 Å². The molecular weight excluding hydrogens is 246 g/mol. The standard InChI is InChI=1S/C14H27NO4/c1-4-7-10-18-13(16)12(9-6-3)15-14(17)19-11-8-5-2/h12H,4-11H2,1-3H3,(H,15,17). The molecule has 0 saturated carbocycles. The highest BCUT2D eigenvalue weighted by molar-refractivity contribution is 5.81. The Balaban J connectivity index is 4.08. The fourth-order valence-electron chi connectivity index (χ4n) is 1.45. The van der Waals surface area contributed by atoms with Gasteiger partial charge in [0, 0.05) is 0 Å². The summed E-state index contributed by atoms with van der Waals surface area (Å²) in [4.78, 5) is 23.3. The lowest BCUT2D eigenvalue weighted by Gasteiger charge is -2.16. The van der Waals surface area contributed by atoms with Crippen LogP contribution in [0.1, 0.15) is 59.3 Å². The molecule has 0 aromatic heterocycles. The van der Waals surface area contributed by atoms with E-state index in [1.54, 1.807) is 0 Å². The minimum absolute atomic E-state index is 0.372. The predicted molar refractivity (Wildman–Crippen MR) is 74.0 cm³/mol. The first-order valence-electron chi connectivity index (χ1n) is 7.25. The Labute approximate surface area is 116 Å². The normalized spacial score (nSPS) is 11.7. The SMILES string of the molecule is CCCCOC(=O)NC(CCC)C(=O)OCCCC. The molecule has 1 N–H and O–H groups in total. The van der Waals surface area contributed by atoms with Gasteiger partial charge in [-0.05, 0) is 19.3 Å². The molecule has 0 rings (SSSR count). The van der Waals surface area contributed by atoms with Gasteiger partial charge in [-0.15, -0.1) is 0 Å². The molecule has 0 saturated heterocycles. The fraction of sp³-hybridized carbons (Fsp3) is 0.857. The van der Waals surface area contributed by atoms with E-state index in [1.807, 2.05) is 20.8 Å². The second-order valence-electron chi connectivity index (χ2n) is 4.50. The number of carbonyl (C=O) groups is 2. The number of alkyl carbamates (subject to hydrolysis) is 1. The molecule has 0 aliphatic rings. The number of ether oxygens (including phenoxy) is 2. The van der Waals surface area contributed by atoms with Crippen molar-refractivity contribution in [2.45, 2.75) is 65.3 Å². The minimum atomic E-state index is -0.601. The first kappa shape index (κ1) is 17.7. The number of nitrogens with one attached hydrogen (secondary N) is 1. The van der Waals surface area contributed by atoms with E-state index in [9.17, 15) is 9.59 Å². The largest absolute Gasteiger partial charge is 0.464 e. The van der Waals surface area contributed by atoms with Crippen molar-refractivity contribution in [3.8, 4) is 0 Å². The van der Waals surface area contributed by atoms with Crippen LogP contribution in [0.2, 0.25) is 0 Å². The number of rotatable bonds is 10. The Morgan fingerprint density at radius 3 is 2.05 bits per heavy atom. The summed E-state index contributed by atoms with van der Waals surface area (Å²) in [6.07, 6.45) is 4.41. The summed E-state index contributed by atoms with van der Waals surface area (Å²) < 4.78 is 10.1. The second-order valence-corrected chi connectivity index (χ2v) is 4.50. The number of amides is 1. The highest BCUT2D eigenvalue weighted by Gasteiger charge is 2.21. The molecule has 1 atom stereocenters. The van der Waals surface area contributed by atoms with Gasteiger partial charge in [0.2, 0.25) is 0 Å². The molecule has 5 nitrogen and oxygen atoms in total. The molecule has 19 heavy (non-hydrogen) atoms. The first-order chi connectivity index (χ1) is 9.15. The van der Waals surface area contributed by atoms with Gasteiger partial charge in [0.15, 0.2) is 0 Å². The molecule has 0 heterocycles. The summed E-state index contributed by atoms with van der Waals surface area (Å²) in [6.45, 7) is 6.79. The summed E-state index contributed by atoms with van der Waals surface area (Å²) in [6, 6.07) is -0.601. The monoisotopic (exact) mass is 273 g/mol. The second kappa shape index (κ2) is 11.8. The van der Waals surface area contributed by atoms with Crippen molar-refractivity contribution in [2.24, 2.45) is 0 Å². The van der Waals surface area contributed by atoms with Crippen molar-refractivity contribution in [2.75, 3.05) is 13.2 Å². The quantitative estimate of drug-likeness (QED) is 0.491. The maximum atomic E-state index is 11.8. The summed E-state index contributed by atoms with van der Waals surface area (Å²) in [7, 11) is 0. The van der Waals surface area contributed by atoms with Crippen molar-refractivity contribution in [1.29, 1.82) is 0 Å². The Morgan fingerprint density at radius 2 is 1.53 bits per heavy atom. The van der Waals surface area contributed by atoms with E-state index in [0.29, 0.717) is 19.6 Å². The van der Waals surface area contributed by atoms with E-state index >= 15 is 0 Å². The number of hydrogen-bond acceptors (Lipinski definition) is 4. The molecule has 0 aromatic rings. The van der Waals surface area contributed by atoms with Crippen molar-refractivity contribution in [3.05, 3.63) is 0 Å². The third-order valence-corrected chi connectivity index (χ3v) is 2.63. The summed E-state index contributed by atoms with van der Waals surface area (Å²) in [5.74, 6) is -0.372. The van der Waals surface area contributed by atoms with E-state index in [2.05, 4.69) is 5.32 Å². The maximum absolute atomic E-state index is 11.8. The zero-order valence-electron chi connectivity index (χ0n) is 12.4. The summed E-state index contributed by atoms with van der Waals surface area (Å²) in [5.41, 5.74) is 0. The number of carbonyl (C=O) groups excluding carboxylic acids is 2. The molecule has 0 aliphatic heterocycles. The molecular formula is C14H27NO4. The Bertz CT molecular complexity index is 256. The first-order valence-corrected chi connectivity index (χ1v) is 7.25. The molecule has 0 bridgehead atoms. The molecule has 112 valence electrons. The van der Waals surface area contributed by atoms with Crippen molar-refractivity contribution >= 4 is 12.1 Å². The van der Waals surface area contributed by atoms with Gasteiger partial charge >= 0.3 is 12.1 Å². The average Bonchev–Trinajstić information content (AvgIpc) is 2.38. The van der Waals surface area contributed by atoms with Crippen LogP contribution in [0.25, 0.3) is 0 Å². The van der Waals surface area contributed by atoms with Gasteiger partial charge in [0.25, 0.3) is 0 Å². The highest BCUT2D eigenvalue weighted by atomic mass is 16.6. The zero-order valence-corrected chi connectivity index (χ0v) is 12.4. The Morgan fingerprint density at radius 1 is 0.947 bits per heavy atom. The van der Waals surface area contributed by atoms with Crippen LogP contribution in [0.3, 0.4) is 0 Å². The number of unbranched alkanes of at least 4 members (excludes halogenated alkanes) is 2. The fourth-order valence-corrected chi connectivity index (χ4v) is 1.45. The van der Waals surface area contributed by atoms with E-state index in [-0.39, 0.29) is 5.97 Å². The van der Waals surface area contributed by atoms with Crippen LogP contribution >= 0.6 is 0 Å². The van der Waals surface area contributed by atoms with Crippen LogP contribution in [0.5, 0.6) is 0 Å². The molecule has 1 unspecified atom stereocenters. The van der Waals surface area contributed by atoms with E-state index in [0.717, 1.165) is 32.1 Å². The van der Waals surface area contributed by atoms with Gasteiger partial charge < -0.3 is 14.8 Å². The van der Waals surface area contributed by atoms with Crippen LogP contribution in [0, 0.1) is 0 Å². The lowest BCUT2D eigenvalue weighted by atomic mass is 10.2. The van der Waals surface area contributed by atoms with Crippen LogP contribution in [0.15, 0.2) is 0 Å². The molecule has 0 spiro atoms. The zero-order chi connectivity index (χ0) is 14.5. The molecule has 1 amide bonds. The van der Waals surface area contributed by atoms with Crippen molar-refractivity contribution < 1.29 is 19.1 Å². The molecule has 0 fully saturated rings. The minimum Gasteiger partial charge on any atom is -0.464 e. The van der Waals surface area contributed by atoms with Gasteiger partial charge in [0.05, 0.1) is 13.2 Å². The lowest BCUT2D eigenvalue weighted by molar-refractivity contribution is -0.146. The third kappa shape index (κ3) is 9.33. The average molecular weight is 273 g/mol. The van der Waals surface area contributed by atoms with Crippen LogP contribution in [-0.4, -0.2) is 31.3 Å². The molecule has 0 aliphatic carbocycles. The lowest BCUT2D eigenvalue weighted by Crippen LogP contribution is -2.42. The smallest absolute Gasteiger partial charge is 0.407 e. The topological polar surface area (TPSA) is 64.6 Å². The van der Waals surface area contributed by atoms with E-state index < -0.39 is 12.1 Å². The maximum Gasteiger partial charge on any atom is 0.407 e.